The minimum absolute atomic E-state index is 0.0171. The van der Waals surface area contributed by atoms with Gasteiger partial charge in [0, 0.05) is 13.1 Å². The van der Waals surface area contributed by atoms with Gasteiger partial charge in [-0.1, -0.05) is 50.2 Å². The first-order chi connectivity index (χ1) is 18.6. The van der Waals surface area contributed by atoms with Crippen LogP contribution in [-0.4, -0.2) is 44.3 Å². The van der Waals surface area contributed by atoms with Gasteiger partial charge in [0.05, 0.1) is 10.6 Å². The molecule has 1 unspecified atom stereocenters. The first-order valence-electron chi connectivity index (χ1n) is 13.0. The van der Waals surface area contributed by atoms with Crippen LogP contribution in [0, 0.1) is 19.7 Å². The van der Waals surface area contributed by atoms with Crippen LogP contribution in [0.4, 0.5) is 10.1 Å². The van der Waals surface area contributed by atoms with E-state index in [1.165, 1.54) is 29.2 Å². The molecule has 0 spiro atoms. The lowest BCUT2D eigenvalue weighted by Crippen LogP contribution is -2.52. The van der Waals surface area contributed by atoms with E-state index >= 15 is 0 Å². The number of carbonyl (C=O) groups excluding carboxylic acids is 2. The van der Waals surface area contributed by atoms with Crippen molar-refractivity contribution in [2.45, 2.75) is 58.0 Å². The molecule has 9 heteroatoms. The van der Waals surface area contributed by atoms with Crippen LogP contribution in [0.3, 0.4) is 0 Å². The SMILES string of the molecule is CCCNC(=O)C(CC)N(Cc1ccc(F)cc1)C(=O)CN(c1cc(C)cc(C)c1)S(=O)(=O)c1ccccc1. The average Bonchev–Trinajstić information content (AvgIpc) is 2.91. The predicted octanol–water partition coefficient (Wildman–Crippen LogP) is 4.97. The molecule has 0 aromatic heterocycles. The summed E-state index contributed by atoms with van der Waals surface area (Å²) in [6, 6.07) is 18.1. The van der Waals surface area contributed by atoms with Crippen LogP contribution in [0.15, 0.2) is 77.7 Å². The van der Waals surface area contributed by atoms with Gasteiger partial charge in [-0.2, -0.15) is 0 Å². The highest BCUT2D eigenvalue weighted by atomic mass is 32.2. The summed E-state index contributed by atoms with van der Waals surface area (Å²) in [4.78, 5) is 28.5. The van der Waals surface area contributed by atoms with Crippen molar-refractivity contribution in [1.82, 2.24) is 10.2 Å². The van der Waals surface area contributed by atoms with Gasteiger partial charge in [-0.05, 0) is 79.8 Å². The molecule has 39 heavy (non-hydrogen) atoms. The third-order valence-electron chi connectivity index (χ3n) is 6.31. The van der Waals surface area contributed by atoms with E-state index in [0.29, 0.717) is 24.2 Å². The first-order valence-corrected chi connectivity index (χ1v) is 14.5. The van der Waals surface area contributed by atoms with Crippen molar-refractivity contribution in [2.24, 2.45) is 0 Å². The van der Waals surface area contributed by atoms with E-state index in [0.717, 1.165) is 21.9 Å². The molecule has 3 aromatic carbocycles. The number of hydrogen-bond donors (Lipinski definition) is 1. The van der Waals surface area contributed by atoms with Crippen molar-refractivity contribution in [3.8, 4) is 0 Å². The van der Waals surface area contributed by atoms with Crippen molar-refractivity contribution in [1.29, 1.82) is 0 Å². The highest BCUT2D eigenvalue weighted by Crippen LogP contribution is 2.27. The van der Waals surface area contributed by atoms with Crippen molar-refractivity contribution in [3.05, 3.63) is 95.3 Å². The maximum atomic E-state index is 14.0. The number of benzene rings is 3. The van der Waals surface area contributed by atoms with Gasteiger partial charge in [-0.3, -0.25) is 13.9 Å². The molecule has 1 atom stereocenters. The maximum Gasteiger partial charge on any atom is 0.264 e. The van der Waals surface area contributed by atoms with E-state index in [4.69, 9.17) is 0 Å². The molecule has 0 saturated heterocycles. The predicted molar refractivity (Wildman–Crippen MR) is 151 cm³/mol. The molecule has 0 saturated carbocycles. The summed E-state index contributed by atoms with van der Waals surface area (Å²) in [5.41, 5.74) is 2.67. The minimum Gasteiger partial charge on any atom is -0.354 e. The number of amides is 2. The zero-order valence-corrected chi connectivity index (χ0v) is 23.7. The molecule has 0 aliphatic heterocycles. The summed E-state index contributed by atoms with van der Waals surface area (Å²) in [6.45, 7) is 7.39. The number of carbonyl (C=O) groups is 2. The molecular weight excluding hydrogens is 517 g/mol. The van der Waals surface area contributed by atoms with Gasteiger partial charge in [-0.25, -0.2) is 12.8 Å². The average molecular weight is 554 g/mol. The molecule has 0 fully saturated rings. The summed E-state index contributed by atoms with van der Waals surface area (Å²) in [5, 5.41) is 2.84. The number of anilines is 1. The fourth-order valence-electron chi connectivity index (χ4n) is 4.42. The number of halogens is 1. The van der Waals surface area contributed by atoms with E-state index in [9.17, 15) is 22.4 Å². The Balaban J connectivity index is 2.06. The molecule has 3 rings (SSSR count). The van der Waals surface area contributed by atoms with Crippen LogP contribution >= 0.6 is 0 Å². The number of aryl methyl sites for hydroxylation is 2. The van der Waals surface area contributed by atoms with Gasteiger partial charge in [0.2, 0.25) is 11.8 Å². The number of nitrogens with one attached hydrogen (secondary N) is 1. The fourth-order valence-corrected chi connectivity index (χ4v) is 5.83. The normalized spacial score (nSPS) is 12.0. The third-order valence-corrected chi connectivity index (χ3v) is 8.09. The summed E-state index contributed by atoms with van der Waals surface area (Å²) in [6.07, 6.45) is 1.04. The molecule has 7 nitrogen and oxygen atoms in total. The van der Waals surface area contributed by atoms with E-state index in [2.05, 4.69) is 5.32 Å². The molecule has 2 amide bonds. The number of rotatable bonds is 12. The van der Waals surface area contributed by atoms with Crippen molar-refractivity contribution in [2.75, 3.05) is 17.4 Å². The fraction of sp³-hybridized carbons (Fsp3) is 0.333. The third kappa shape index (κ3) is 7.66. The van der Waals surface area contributed by atoms with Crippen molar-refractivity contribution >= 4 is 27.5 Å². The minimum atomic E-state index is -4.13. The smallest absolute Gasteiger partial charge is 0.264 e. The van der Waals surface area contributed by atoms with Crippen molar-refractivity contribution in [3.63, 3.8) is 0 Å². The molecule has 0 aliphatic rings. The highest BCUT2D eigenvalue weighted by molar-refractivity contribution is 7.92. The zero-order chi connectivity index (χ0) is 28.6. The lowest BCUT2D eigenvalue weighted by atomic mass is 10.1. The van der Waals surface area contributed by atoms with Crippen molar-refractivity contribution < 1.29 is 22.4 Å². The van der Waals surface area contributed by atoms with Gasteiger partial charge < -0.3 is 10.2 Å². The monoisotopic (exact) mass is 553 g/mol. The Morgan fingerprint density at radius 2 is 1.54 bits per heavy atom. The number of sulfonamides is 1. The lowest BCUT2D eigenvalue weighted by molar-refractivity contribution is -0.140. The second kappa shape index (κ2) is 13.4. The molecule has 3 aromatic rings. The summed E-state index contributed by atoms with van der Waals surface area (Å²) >= 11 is 0. The largest absolute Gasteiger partial charge is 0.354 e. The Morgan fingerprint density at radius 3 is 2.10 bits per heavy atom. The second-order valence-electron chi connectivity index (χ2n) is 9.53. The number of nitrogens with zero attached hydrogens (tertiary/aromatic N) is 2. The van der Waals surface area contributed by atoms with E-state index in [1.807, 2.05) is 26.8 Å². The van der Waals surface area contributed by atoms with Crippen LogP contribution in [0.5, 0.6) is 0 Å². The van der Waals surface area contributed by atoms with Crippen LogP contribution in [0.2, 0.25) is 0 Å². The quantitative estimate of drug-likeness (QED) is 0.343. The van der Waals surface area contributed by atoms with Gasteiger partial charge in [0.15, 0.2) is 0 Å². The van der Waals surface area contributed by atoms with E-state index in [1.54, 1.807) is 49.4 Å². The van der Waals surface area contributed by atoms with E-state index < -0.39 is 34.3 Å². The highest BCUT2D eigenvalue weighted by Gasteiger charge is 2.33. The van der Waals surface area contributed by atoms with Crippen LogP contribution in [0.1, 0.15) is 43.4 Å². The molecule has 0 aliphatic carbocycles. The Morgan fingerprint density at radius 1 is 0.923 bits per heavy atom. The molecule has 0 bridgehead atoms. The van der Waals surface area contributed by atoms with Crippen LogP contribution in [-0.2, 0) is 26.2 Å². The van der Waals surface area contributed by atoms with E-state index in [-0.39, 0.29) is 17.3 Å². The second-order valence-corrected chi connectivity index (χ2v) is 11.4. The van der Waals surface area contributed by atoms with Crippen LogP contribution < -0.4 is 9.62 Å². The number of hydrogen-bond acceptors (Lipinski definition) is 4. The van der Waals surface area contributed by atoms with Gasteiger partial charge >= 0.3 is 0 Å². The Kier molecular flexibility index (Phi) is 10.2. The van der Waals surface area contributed by atoms with Gasteiger partial charge in [0.25, 0.3) is 10.0 Å². The topological polar surface area (TPSA) is 86.8 Å². The van der Waals surface area contributed by atoms with Gasteiger partial charge in [-0.15, -0.1) is 0 Å². The molecular formula is C30H36FN3O4S. The van der Waals surface area contributed by atoms with Crippen LogP contribution in [0.25, 0.3) is 0 Å². The maximum absolute atomic E-state index is 14.0. The Bertz CT molecular complexity index is 1360. The lowest BCUT2D eigenvalue weighted by Gasteiger charge is -2.33. The Labute approximate surface area is 230 Å². The zero-order valence-electron chi connectivity index (χ0n) is 22.9. The summed E-state index contributed by atoms with van der Waals surface area (Å²) in [7, 11) is -4.13. The first kappa shape index (κ1) is 29.8. The summed E-state index contributed by atoms with van der Waals surface area (Å²) < 4.78 is 42.4. The van der Waals surface area contributed by atoms with Gasteiger partial charge in [0.1, 0.15) is 18.4 Å². The molecule has 1 N–H and O–H groups in total. The standard InChI is InChI=1S/C30H36FN3O4S/c1-5-16-32-30(36)28(6-2)33(20-24-12-14-25(31)15-13-24)29(35)21-34(26-18-22(3)17-23(4)19-26)39(37,38)27-10-8-7-9-11-27/h7-15,17-19,28H,5-6,16,20-21H2,1-4H3,(H,32,36). The Hall–Kier alpha value is -3.72. The molecule has 208 valence electrons. The molecule has 0 heterocycles. The molecule has 0 radical (unpaired) electrons. The summed E-state index contributed by atoms with van der Waals surface area (Å²) in [5.74, 6) is -1.28.